The molecular formula is C11H20O2. The van der Waals surface area contributed by atoms with E-state index in [1.807, 2.05) is 0 Å². The number of rotatable bonds is 1. The zero-order valence-corrected chi connectivity index (χ0v) is 9.09. The van der Waals surface area contributed by atoms with Gasteiger partial charge in [0, 0.05) is 12.3 Å². The quantitative estimate of drug-likeness (QED) is 0.624. The Balaban J connectivity index is 2.28. The van der Waals surface area contributed by atoms with Gasteiger partial charge in [0.2, 0.25) is 0 Å². The molecule has 2 saturated heterocycles. The maximum atomic E-state index is 6.08. The molecule has 76 valence electrons. The van der Waals surface area contributed by atoms with Crippen LogP contribution in [0.25, 0.3) is 0 Å². The first-order chi connectivity index (χ1) is 6.00. The van der Waals surface area contributed by atoms with Gasteiger partial charge < -0.3 is 9.47 Å². The van der Waals surface area contributed by atoms with Gasteiger partial charge in [0.05, 0.1) is 11.7 Å². The standard InChI is InChI=1S/C11H20O2/c1-5-11-8(2)6-10(4,13-11)7-9(3)12-11/h8-9H,5-7H2,1-4H3/t8-,9-,10-,11+/m0/s1. The fourth-order valence-electron chi connectivity index (χ4n) is 3.12. The van der Waals surface area contributed by atoms with Gasteiger partial charge in [-0.3, -0.25) is 0 Å². The Morgan fingerprint density at radius 2 is 2.00 bits per heavy atom. The third kappa shape index (κ3) is 1.31. The molecule has 2 heteroatoms. The van der Waals surface area contributed by atoms with Crippen LogP contribution < -0.4 is 0 Å². The lowest BCUT2D eigenvalue weighted by atomic mass is 9.90. The zero-order chi connectivity index (χ0) is 9.69. The van der Waals surface area contributed by atoms with Crippen LogP contribution >= 0.6 is 0 Å². The lowest BCUT2D eigenvalue weighted by Crippen LogP contribution is -2.47. The summed E-state index contributed by atoms with van der Waals surface area (Å²) in [6, 6.07) is 0. The van der Waals surface area contributed by atoms with Gasteiger partial charge in [-0.2, -0.15) is 0 Å². The Labute approximate surface area is 80.6 Å². The number of hydrogen-bond donors (Lipinski definition) is 0. The maximum Gasteiger partial charge on any atom is 0.171 e. The minimum Gasteiger partial charge on any atom is -0.347 e. The topological polar surface area (TPSA) is 18.5 Å². The smallest absolute Gasteiger partial charge is 0.171 e. The molecule has 0 aromatic rings. The van der Waals surface area contributed by atoms with Crippen molar-refractivity contribution in [1.82, 2.24) is 0 Å². The number of fused-ring (bicyclic) bond motifs is 2. The predicted molar refractivity (Wildman–Crippen MR) is 51.5 cm³/mol. The van der Waals surface area contributed by atoms with Gasteiger partial charge in [-0.25, -0.2) is 0 Å². The summed E-state index contributed by atoms with van der Waals surface area (Å²) in [6.45, 7) is 8.77. The molecule has 0 amide bonds. The van der Waals surface area contributed by atoms with E-state index >= 15 is 0 Å². The van der Waals surface area contributed by atoms with Crippen LogP contribution in [0, 0.1) is 5.92 Å². The summed E-state index contributed by atoms with van der Waals surface area (Å²) in [5, 5.41) is 0. The van der Waals surface area contributed by atoms with Crippen molar-refractivity contribution in [3.8, 4) is 0 Å². The average Bonchev–Trinajstić information content (AvgIpc) is 2.18. The van der Waals surface area contributed by atoms with E-state index in [0.29, 0.717) is 12.0 Å². The molecule has 0 unspecified atom stereocenters. The first-order valence-corrected chi connectivity index (χ1v) is 5.38. The van der Waals surface area contributed by atoms with Crippen molar-refractivity contribution in [2.45, 2.75) is 64.4 Å². The molecule has 13 heavy (non-hydrogen) atoms. The fraction of sp³-hybridized carbons (Fsp3) is 1.00. The first kappa shape index (κ1) is 9.47. The van der Waals surface area contributed by atoms with Crippen LogP contribution in [0.1, 0.15) is 47.0 Å². The molecule has 0 aliphatic carbocycles. The van der Waals surface area contributed by atoms with Crippen LogP contribution in [0.3, 0.4) is 0 Å². The van der Waals surface area contributed by atoms with Gasteiger partial charge in [-0.15, -0.1) is 0 Å². The molecule has 0 N–H and O–H groups in total. The highest BCUT2D eigenvalue weighted by molar-refractivity contribution is 4.98. The molecule has 2 bridgehead atoms. The molecule has 2 rings (SSSR count). The van der Waals surface area contributed by atoms with Crippen LogP contribution in [0.4, 0.5) is 0 Å². The summed E-state index contributed by atoms with van der Waals surface area (Å²) in [5.74, 6) is 0.263. The van der Waals surface area contributed by atoms with Gasteiger partial charge in [-0.1, -0.05) is 13.8 Å². The highest BCUT2D eigenvalue weighted by atomic mass is 16.7. The van der Waals surface area contributed by atoms with Crippen molar-refractivity contribution >= 4 is 0 Å². The Bertz CT molecular complexity index is 216. The van der Waals surface area contributed by atoms with Crippen LogP contribution in [-0.2, 0) is 9.47 Å². The van der Waals surface area contributed by atoms with Crippen molar-refractivity contribution in [3.05, 3.63) is 0 Å². The molecule has 2 heterocycles. The molecular weight excluding hydrogens is 164 g/mol. The van der Waals surface area contributed by atoms with Crippen LogP contribution in [0.15, 0.2) is 0 Å². The summed E-state index contributed by atoms with van der Waals surface area (Å²) in [4.78, 5) is 0. The molecule has 0 aromatic carbocycles. The summed E-state index contributed by atoms with van der Waals surface area (Å²) in [7, 11) is 0. The lowest BCUT2D eigenvalue weighted by molar-refractivity contribution is -0.318. The van der Waals surface area contributed by atoms with Crippen molar-refractivity contribution in [2.24, 2.45) is 5.92 Å². The molecule has 0 saturated carbocycles. The van der Waals surface area contributed by atoms with Gasteiger partial charge in [-0.05, 0) is 26.7 Å². The SMILES string of the molecule is CC[C@]12O[C@@H](C)C[C@](C)(C[C@@H]1C)O2. The second kappa shape index (κ2) is 2.71. The second-order valence-electron chi connectivity index (χ2n) is 4.96. The van der Waals surface area contributed by atoms with E-state index in [1.54, 1.807) is 0 Å². The summed E-state index contributed by atoms with van der Waals surface area (Å²) in [5.41, 5.74) is 0.0765. The Morgan fingerprint density at radius 1 is 1.31 bits per heavy atom. The zero-order valence-electron chi connectivity index (χ0n) is 9.09. The van der Waals surface area contributed by atoms with Gasteiger partial charge in [0.1, 0.15) is 0 Å². The summed E-state index contributed by atoms with van der Waals surface area (Å²) >= 11 is 0. The van der Waals surface area contributed by atoms with E-state index in [2.05, 4.69) is 27.7 Å². The molecule has 2 aliphatic rings. The third-order valence-corrected chi connectivity index (χ3v) is 3.52. The maximum absolute atomic E-state index is 6.08. The normalized spacial score (nSPS) is 55.4. The second-order valence-corrected chi connectivity index (χ2v) is 4.96. The number of ether oxygens (including phenoxy) is 2. The Morgan fingerprint density at radius 3 is 2.62 bits per heavy atom. The number of hydrogen-bond acceptors (Lipinski definition) is 2. The summed E-state index contributed by atoms with van der Waals surface area (Å²) < 4.78 is 12.1. The van der Waals surface area contributed by atoms with Crippen molar-refractivity contribution in [2.75, 3.05) is 0 Å². The predicted octanol–water partition coefficient (Wildman–Crippen LogP) is 2.72. The van der Waals surface area contributed by atoms with Crippen molar-refractivity contribution in [3.63, 3.8) is 0 Å². The van der Waals surface area contributed by atoms with Crippen LogP contribution in [-0.4, -0.2) is 17.5 Å². The van der Waals surface area contributed by atoms with E-state index in [-0.39, 0.29) is 11.4 Å². The van der Waals surface area contributed by atoms with Crippen LogP contribution in [0.2, 0.25) is 0 Å². The van der Waals surface area contributed by atoms with Gasteiger partial charge in [0.25, 0.3) is 0 Å². The van der Waals surface area contributed by atoms with Gasteiger partial charge >= 0.3 is 0 Å². The molecule has 2 fully saturated rings. The Kier molecular flexibility index (Phi) is 1.97. The van der Waals surface area contributed by atoms with E-state index in [9.17, 15) is 0 Å². The largest absolute Gasteiger partial charge is 0.347 e. The van der Waals surface area contributed by atoms with E-state index in [1.165, 1.54) is 0 Å². The monoisotopic (exact) mass is 184 g/mol. The van der Waals surface area contributed by atoms with E-state index in [0.717, 1.165) is 19.3 Å². The minimum absolute atomic E-state index is 0.0765. The molecule has 0 aromatic heterocycles. The fourth-order valence-corrected chi connectivity index (χ4v) is 3.12. The molecule has 2 nitrogen and oxygen atoms in total. The Hall–Kier alpha value is -0.0800. The molecule has 0 radical (unpaired) electrons. The van der Waals surface area contributed by atoms with Gasteiger partial charge in [0.15, 0.2) is 5.79 Å². The van der Waals surface area contributed by atoms with Crippen LogP contribution in [0.5, 0.6) is 0 Å². The van der Waals surface area contributed by atoms with Crippen molar-refractivity contribution < 1.29 is 9.47 Å². The molecule has 0 spiro atoms. The first-order valence-electron chi connectivity index (χ1n) is 5.38. The van der Waals surface area contributed by atoms with E-state index in [4.69, 9.17) is 9.47 Å². The van der Waals surface area contributed by atoms with Crippen molar-refractivity contribution in [1.29, 1.82) is 0 Å². The molecule has 4 atom stereocenters. The van der Waals surface area contributed by atoms with E-state index < -0.39 is 0 Å². The highest BCUT2D eigenvalue weighted by Gasteiger charge is 2.56. The third-order valence-electron chi connectivity index (χ3n) is 3.52. The average molecular weight is 184 g/mol. The lowest BCUT2D eigenvalue weighted by Gasteiger charge is -2.42. The highest BCUT2D eigenvalue weighted by Crippen LogP contribution is 2.51. The summed E-state index contributed by atoms with van der Waals surface area (Å²) in [6.07, 6.45) is 3.50. The minimum atomic E-state index is -0.271. The molecule has 2 aliphatic heterocycles.